The van der Waals surface area contributed by atoms with Gasteiger partial charge in [0.2, 0.25) is 0 Å². The number of hydrogen-bond acceptors (Lipinski definition) is 4. The summed E-state index contributed by atoms with van der Waals surface area (Å²) in [5, 5.41) is 0. The second kappa shape index (κ2) is 6.46. The molecule has 0 saturated carbocycles. The zero-order valence-electron chi connectivity index (χ0n) is 8.93. The lowest BCUT2D eigenvalue weighted by Gasteiger charge is -2.04. The Hall–Kier alpha value is -1.27. The summed E-state index contributed by atoms with van der Waals surface area (Å²) in [7, 11) is 0.732. The first-order valence-electron chi connectivity index (χ1n) is 4.90. The van der Waals surface area contributed by atoms with E-state index in [1.54, 1.807) is 0 Å². The molecule has 5 nitrogen and oxygen atoms in total. The number of amides is 1. The molecule has 7 heteroatoms. The van der Waals surface area contributed by atoms with Crippen LogP contribution < -0.4 is 4.72 Å². The average molecular weight is 278 g/mol. The van der Waals surface area contributed by atoms with Gasteiger partial charge in [0, 0.05) is 10.7 Å². The van der Waals surface area contributed by atoms with Crippen molar-refractivity contribution in [2.75, 3.05) is 6.61 Å². The molecule has 0 saturated heterocycles. The summed E-state index contributed by atoms with van der Waals surface area (Å²) in [6.07, 6.45) is 0.301. The van der Waals surface area contributed by atoms with Crippen molar-refractivity contribution in [3.8, 4) is 0 Å². The topological polar surface area (TPSA) is 72.5 Å². The number of rotatable bonds is 5. The molecule has 1 N–H and O–H groups in total. The van der Waals surface area contributed by atoms with Crippen LogP contribution in [0, 0.1) is 0 Å². The van der Waals surface area contributed by atoms with Crippen molar-refractivity contribution in [3.05, 3.63) is 35.9 Å². The summed E-state index contributed by atoms with van der Waals surface area (Å²) in [5.74, 6) is 0. The summed E-state index contributed by atoms with van der Waals surface area (Å²) < 4.78 is 27.0. The van der Waals surface area contributed by atoms with Crippen molar-refractivity contribution in [1.82, 2.24) is 4.72 Å². The van der Waals surface area contributed by atoms with Gasteiger partial charge in [-0.05, 0) is 18.4 Å². The number of hydrogen-bond donors (Lipinski definition) is 1. The van der Waals surface area contributed by atoms with Crippen molar-refractivity contribution in [1.29, 1.82) is 0 Å². The van der Waals surface area contributed by atoms with E-state index in [-0.39, 0.29) is 6.61 Å². The highest BCUT2D eigenvalue weighted by molar-refractivity contribution is 8.12. The van der Waals surface area contributed by atoms with Gasteiger partial charge < -0.3 is 4.74 Å². The van der Waals surface area contributed by atoms with Crippen LogP contribution >= 0.6 is 10.7 Å². The Bertz CT molecular complexity index is 460. The molecule has 1 aromatic rings. The third kappa shape index (κ3) is 6.80. The molecule has 0 atom stereocenters. The highest BCUT2D eigenvalue weighted by atomic mass is 35.7. The van der Waals surface area contributed by atoms with E-state index in [1.165, 1.54) is 4.72 Å². The van der Waals surface area contributed by atoms with E-state index in [1.807, 2.05) is 30.3 Å². The van der Waals surface area contributed by atoms with Gasteiger partial charge in [0.05, 0.1) is 6.61 Å². The Kier molecular flexibility index (Phi) is 5.24. The molecule has 1 aromatic carbocycles. The van der Waals surface area contributed by atoms with Gasteiger partial charge in [0.25, 0.3) is 0 Å². The van der Waals surface area contributed by atoms with E-state index in [4.69, 9.17) is 10.7 Å². The number of carbonyl (C=O) groups is 1. The summed E-state index contributed by atoms with van der Waals surface area (Å²) in [5.41, 5.74) is 1.13. The van der Waals surface area contributed by atoms with Crippen molar-refractivity contribution >= 4 is 26.0 Å². The number of carbonyl (C=O) groups excluding carboxylic acids is 1. The van der Waals surface area contributed by atoms with Crippen LogP contribution in [0.3, 0.4) is 0 Å². The second-order valence-corrected chi connectivity index (χ2v) is 5.56. The van der Waals surface area contributed by atoms with E-state index in [2.05, 4.69) is 4.74 Å². The maximum Gasteiger partial charge on any atom is 0.421 e. The Morgan fingerprint density at radius 3 is 2.53 bits per heavy atom. The molecule has 1 rings (SSSR count). The standard InChI is InChI=1S/C10H12ClNO4S/c11-17(14,15)12-10(13)16-8-4-7-9-5-2-1-3-6-9/h1-3,5-6H,4,7-8H2,(H,12,13). The number of nitrogens with one attached hydrogen (secondary N) is 1. The summed E-state index contributed by atoms with van der Waals surface area (Å²) >= 11 is 0. The van der Waals surface area contributed by atoms with Crippen LogP contribution in [-0.4, -0.2) is 21.1 Å². The molecule has 0 aromatic heterocycles. The normalized spacial score (nSPS) is 10.9. The predicted molar refractivity (Wildman–Crippen MR) is 64.0 cm³/mol. The van der Waals surface area contributed by atoms with Gasteiger partial charge in [-0.15, -0.1) is 0 Å². The van der Waals surface area contributed by atoms with E-state index in [9.17, 15) is 13.2 Å². The molecule has 0 heterocycles. The Labute approximate surface area is 104 Å². The van der Waals surface area contributed by atoms with Gasteiger partial charge in [0.15, 0.2) is 0 Å². The van der Waals surface area contributed by atoms with Gasteiger partial charge in [-0.2, -0.15) is 8.42 Å². The first-order valence-corrected chi connectivity index (χ1v) is 7.21. The van der Waals surface area contributed by atoms with Crippen LogP contribution in [0.2, 0.25) is 0 Å². The molecule has 0 aliphatic rings. The van der Waals surface area contributed by atoms with Crippen molar-refractivity contribution in [2.45, 2.75) is 12.8 Å². The fraction of sp³-hybridized carbons (Fsp3) is 0.300. The molecule has 17 heavy (non-hydrogen) atoms. The van der Waals surface area contributed by atoms with Crippen LogP contribution in [0.25, 0.3) is 0 Å². The molecule has 0 spiro atoms. The fourth-order valence-corrected chi connectivity index (χ4v) is 1.66. The molecular weight excluding hydrogens is 266 g/mol. The van der Waals surface area contributed by atoms with Gasteiger partial charge in [-0.3, -0.25) is 0 Å². The maximum atomic E-state index is 10.9. The number of halogens is 1. The quantitative estimate of drug-likeness (QED) is 0.658. The highest BCUT2D eigenvalue weighted by Crippen LogP contribution is 2.02. The fourth-order valence-electron chi connectivity index (χ4n) is 1.21. The molecular formula is C10H12ClNO4S. The van der Waals surface area contributed by atoms with Crippen LogP contribution in [0.1, 0.15) is 12.0 Å². The Morgan fingerprint density at radius 1 is 1.29 bits per heavy atom. The summed E-state index contributed by atoms with van der Waals surface area (Å²) in [4.78, 5) is 10.9. The van der Waals surface area contributed by atoms with Gasteiger partial charge >= 0.3 is 15.3 Å². The van der Waals surface area contributed by atoms with Crippen molar-refractivity contribution in [3.63, 3.8) is 0 Å². The molecule has 1 amide bonds. The van der Waals surface area contributed by atoms with Crippen LogP contribution in [0.15, 0.2) is 30.3 Å². The predicted octanol–water partition coefficient (Wildman–Crippen LogP) is 1.83. The molecule has 0 aliphatic carbocycles. The number of aryl methyl sites for hydroxylation is 1. The third-order valence-corrected chi connectivity index (χ3v) is 2.53. The minimum atomic E-state index is -4.06. The lowest BCUT2D eigenvalue weighted by Crippen LogP contribution is -2.27. The van der Waals surface area contributed by atoms with E-state index >= 15 is 0 Å². The highest BCUT2D eigenvalue weighted by Gasteiger charge is 2.10. The average Bonchev–Trinajstić information content (AvgIpc) is 2.23. The molecule has 0 unspecified atom stereocenters. The minimum Gasteiger partial charge on any atom is -0.449 e. The smallest absolute Gasteiger partial charge is 0.421 e. The van der Waals surface area contributed by atoms with E-state index in [0.717, 1.165) is 12.0 Å². The van der Waals surface area contributed by atoms with Crippen LogP contribution in [0.4, 0.5) is 4.79 Å². The summed E-state index contributed by atoms with van der Waals surface area (Å²) in [6.45, 7) is 0.132. The van der Waals surface area contributed by atoms with Gasteiger partial charge in [-0.1, -0.05) is 30.3 Å². The lowest BCUT2D eigenvalue weighted by molar-refractivity contribution is 0.151. The van der Waals surface area contributed by atoms with Crippen molar-refractivity contribution < 1.29 is 17.9 Å². The Balaban J connectivity index is 2.19. The molecule has 0 aliphatic heterocycles. The minimum absolute atomic E-state index is 0.132. The monoisotopic (exact) mass is 277 g/mol. The van der Waals surface area contributed by atoms with Crippen molar-refractivity contribution in [2.24, 2.45) is 0 Å². The lowest BCUT2D eigenvalue weighted by atomic mass is 10.1. The SMILES string of the molecule is O=C(NS(=O)(=O)Cl)OCCCc1ccccc1. The third-order valence-electron chi connectivity index (χ3n) is 1.89. The molecule has 0 bridgehead atoms. The van der Waals surface area contributed by atoms with Crippen LogP contribution in [0.5, 0.6) is 0 Å². The van der Waals surface area contributed by atoms with Crippen LogP contribution in [-0.2, 0) is 20.4 Å². The molecule has 0 fully saturated rings. The maximum absolute atomic E-state index is 10.9. The summed E-state index contributed by atoms with van der Waals surface area (Å²) in [6, 6.07) is 9.68. The van der Waals surface area contributed by atoms with Gasteiger partial charge in [-0.25, -0.2) is 9.52 Å². The number of benzene rings is 1. The molecule has 94 valence electrons. The van der Waals surface area contributed by atoms with E-state index < -0.39 is 15.3 Å². The first-order chi connectivity index (χ1) is 7.97. The molecule has 0 radical (unpaired) electrons. The Morgan fingerprint density at radius 2 is 1.94 bits per heavy atom. The zero-order chi connectivity index (χ0) is 12.7. The first kappa shape index (κ1) is 13.8. The second-order valence-electron chi connectivity index (χ2n) is 3.26. The largest absolute Gasteiger partial charge is 0.449 e. The van der Waals surface area contributed by atoms with Gasteiger partial charge in [0.1, 0.15) is 0 Å². The zero-order valence-corrected chi connectivity index (χ0v) is 10.5. The van der Waals surface area contributed by atoms with E-state index in [0.29, 0.717) is 6.42 Å². The number of ether oxygens (including phenoxy) is 1.